The third kappa shape index (κ3) is 3.39. The van der Waals surface area contributed by atoms with E-state index in [0.717, 1.165) is 18.7 Å². The maximum absolute atomic E-state index is 12.2. The van der Waals surface area contributed by atoms with Crippen molar-refractivity contribution in [3.63, 3.8) is 0 Å². The minimum atomic E-state index is -0.0208. The summed E-state index contributed by atoms with van der Waals surface area (Å²) in [5.74, 6) is 0.322. The van der Waals surface area contributed by atoms with Gasteiger partial charge in [0, 0.05) is 19.6 Å². The Kier molecular flexibility index (Phi) is 4.81. The summed E-state index contributed by atoms with van der Waals surface area (Å²) in [5, 5.41) is 7.39. The highest BCUT2D eigenvalue weighted by atomic mass is 16.2. The van der Waals surface area contributed by atoms with Crippen LogP contribution in [0.3, 0.4) is 0 Å². The molecule has 1 amide bonds. The van der Waals surface area contributed by atoms with Crippen LogP contribution in [0, 0.1) is 0 Å². The molecule has 1 aliphatic heterocycles. The molecule has 112 valence electrons. The average molecular weight is 278 g/mol. The van der Waals surface area contributed by atoms with Gasteiger partial charge in [-0.3, -0.25) is 9.48 Å². The van der Waals surface area contributed by atoms with Crippen LogP contribution < -0.4 is 5.32 Å². The molecule has 2 rings (SSSR count). The third-order valence-electron chi connectivity index (χ3n) is 4.16. The lowest BCUT2D eigenvalue weighted by atomic mass is 10.1. The van der Waals surface area contributed by atoms with E-state index in [1.165, 1.54) is 19.4 Å². The van der Waals surface area contributed by atoms with Gasteiger partial charge < -0.3 is 10.2 Å². The molecule has 2 heterocycles. The molecule has 5 heteroatoms. The first-order chi connectivity index (χ1) is 9.49. The van der Waals surface area contributed by atoms with Crippen LogP contribution in [0.5, 0.6) is 0 Å². The zero-order valence-electron chi connectivity index (χ0n) is 13.0. The van der Waals surface area contributed by atoms with E-state index in [-0.39, 0.29) is 5.91 Å². The van der Waals surface area contributed by atoms with E-state index < -0.39 is 0 Å². The van der Waals surface area contributed by atoms with Crippen molar-refractivity contribution in [2.45, 2.75) is 45.1 Å². The average Bonchev–Trinajstić information content (AvgIpc) is 2.96. The van der Waals surface area contributed by atoms with Crippen LogP contribution in [0.15, 0.2) is 6.07 Å². The van der Waals surface area contributed by atoms with Gasteiger partial charge in [0.15, 0.2) is 0 Å². The summed E-state index contributed by atoms with van der Waals surface area (Å²) in [6, 6.07) is 2.51. The Morgan fingerprint density at radius 1 is 1.50 bits per heavy atom. The first kappa shape index (κ1) is 15.0. The normalized spacial score (nSPS) is 19.8. The van der Waals surface area contributed by atoms with Gasteiger partial charge in [0.25, 0.3) is 5.91 Å². The number of nitrogens with one attached hydrogen (secondary N) is 1. The van der Waals surface area contributed by atoms with Crippen LogP contribution in [0.2, 0.25) is 0 Å². The molecule has 0 radical (unpaired) electrons. The molecule has 1 fully saturated rings. The minimum Gasteiger partial charge on any atom is -0.351 e. The van der Waals surface area contributed by atoms with Crippen molar-refractivity contribution in [2.24, 2.45) is 7.05 Å². The topological polar surface area (TPSA) is 50.2 Å². The van der Waals surface area contributed by atoms with Crippen molar-refractivity contribution < 1.29 is 4.79 Å². The second-order valence-corrected chi connectivity index (χ2v) is 6.05. The highest BCUT2D eigenvalue weighted by Crippen LogP contribution is 2.17. The SMILES string of the molecule is CC(C)c1cc(C(=O)NCC[C@@H]2CCCN2C)n(C)n1. The molecule has 1 aromatic rings. The Labute approximate surface area is 121 Å². The van der Waals surface area contributed by atoms with Crippen molar-refractivity contribution in [3.8, 4) is 0 Å². The quantitative estimate of drug-likeness (QED) is 0.893. The van der Waals surface area contributed by atoms with E-state index in [4.69, 9.17) is 0 Å². The largest absolute Gasteiger partial charge is 0.351 e. The Hall–Kier alpha value is -1.36. The standard InChI is InChI=1S/C15H26N4O/c1-11(2)13-10-14(19(4)17-13)15(20)16-8-7-12-6-5-9-18(12)3/h10-12H,5-9H2,1-4H3,(H,16,20)/t12-/m0/s1. The highest BCUT2D eigenvalue weighted by Gasteiger charge is 2.21. The summed E-state index contributed by atoms with van der Waals surface area (Å²) in [7, 11) is 3.99. The van der Waals surface area contributed by atoms with E-state index in [2.05, 4.69) is 36.2 Å². The van der Waals surface area contributed by atoms with Gasteiger partial charge in [0.1, 0.15) is 5.69 Å². The van der Waals surface area contributed by atoms with Crippen molar-refractivity contribution in [2.75, 3.05) is 20.1 Å². The van der Waals surface area contributed by atoms with Gasteiger partial charge in [-0.05, 0) is 44.8 Å². The minimum absolute atomic E-state index is 0.0208. The second-order valence-electron chi connectivity index (χ2n) is 6.05. The number of aryl methyl sites for hydroxylation is 1. The van der Waals surface area contributed by atoms with Crippen LogP contribution in [0.25, 0.3) is 0 Å². The van der Waals surface area contributed by atoms with Crippen molar-refractivity contribution in [1.82, 2.24) is 20.0 Å². The summed E-state index contributed by atoms with van der Waals surface area (Å²) >= 11 is 0. The summed E-state index contributed by atoms with van der Waals surface area (Å²) in [6.45, 7) is 6.08. The molecule has 0 unspecified atom stereocenters. The number of likely N-dealkylation sites (tertiary alicyclic amines) is 1. The molecule has 0 aromatic carbocycles. The number of amides is 1. The number of aromatic nitrogens is 2. The molecule has 1 N–H and O–H groups in total. The van der Waals surface area contributed by atoms with Gasteiger partial charge in [-0.15, -0.1) is 0 Å². The fraction of sp³-hybridized carbons (Fsp3) is 0.733. The molecule has 0 bridgehead atoms. The predicted molar refractivity (Wildman–Crippen MR) is 79.9 cm³/mol. The van der Waals surface area contributed by atoms with Crippen molar-refractivity contribution in [3.05, 3.63) is 17.5 Å². The maximum Gasteiger partial charge on any atom is 0.269 e. The van der Waals surface area contributed by atoms with Crippen LogP contribution >= 0.6 is 0 Å². The lowest BCUT2D eigenvalue weighted by Crippen LogP contribution is -2.32. The molecule has 1 saturated heterocycles. The van der Waals surface area contributed by atoms with Gasteiger partial charge in [-0.25, -0.2) is 0 Å². The molecule has 0 spiro atoms. The predicted octanol–water partition coefficient (Wildman–Crippen LogP) is 1.76. The molecule has 5 nitrogen and oxygen atoms in total. The van der Waals surface area contributed by atoms with Gasteiger partial charge >= 0.3 is 0 Å². The molecule has 0 saturated carbocycles. The molecular formula is C15H26N4O. The molecular weight excluding hydrogens is 252 g/mol. The first-order valence-corrected chi connectivity index (χ1v) is 7.51. The smallest absolute Gasteiger partial charge is 0.269 e. The third-order valence-corrected chi connectivity index (χ3v) is 4.16. The maximum atomic E-state index is 12.2. The van der Waals surface area contributed by atoms with E-state index in [9.17, 15) is 4.79 Å². The van der Waals surface area contributed by atoms with Crippen LogP contribution in [0.1, 0.15) is 55.2 Å². The van der Waals surface area contributed by atoms with Crippen LogP contribution in [-0.4, -0.2) is 46.8 Å². The van der Waals surface area contributed by atoms with E-state index in [1.54, 1.807) is 4.68 Å². The summed E-state index contributed by atoms with van der Waals surface area (Å²) in [6.07, 6.45) is 3.54. The molecule has 1 atom stereocenters. The number of rotatable bonds is 5. The fourth-order valence-corrected chi connectivity index (χ4v) is 2.77. The van der Waals surface area contributed by atoms with E-state index in [1.807, 2.05) is 13.1 Å². The van der Waals surface area contributed by atoms with Crippen LogP contribution in [-0.2, 0) is 7.05 Å². The Morgan fingerprint density at radius 2 is 2.25 bits per heavy atom. The monoisotopic (exact) mass is 278 g/mol. The van der Waals surface area contributed by atoms with Gasteiger partial charge in [0.05, 0.1) is 5.69 Å². The first-order valence-electron chi connectivity index (χ1n) is 7.51. The summed E-state index contributed by atoms with van der Waals surface area (Å²) in [4.78, 5) is 14.6. The van der Waals surface area contributed by atoms with Crippen molar-refractivity contribution in [1.29, 1.82) is 0 Å². The lowest BCUT2D eigenvalue weighted by molar-refractivity contribution is 0.0941. The molecule has 1 aliphatic rings. The number of nitrogens with zero attached hydrogens (tertiary/aromatic N) is 3. The van der Waals surface area contributed by atoms with Crippen molar-refractivity contribution >= 4 is 5.91 Å². The number of carbonyl (C=O) groups is 1. The Morgan fingerprint density at radius 3 is 2.80 bits per heavy atom. The van der Waals surface area contributed by atoms with Gasteiger partial charge in [-0.2, -0.15) is 5.10 Å². The molecule has 1 aromatic heterocycles. The Bertz CT molecular complexity index is 466. The number of carbonyl (C=O) groups excluding carboxylic acids is 1. The van der Waals surface area contributed by atoms with Crippen LogP contribution in [0.4, 0.5) is 0 Å². The summed E-state index contributed by atoms with van der Waals surface area (Å²) < 4.78 is 1.67. The van der Waals surface area contributed by atoms with E-state index >= 15 is 0 Å². The zero-order valence-corrected chi connectivity index (χ0v) is 13.0. The Balaban J connectivity index is 1.85. The zero-order chi connectivity index (χ0) is 14.7. The fourth-order valence-electron chi connectivity index (χ4n) is 2.77. The number of hydrogen-bond acceptors (Lipinski definition) is 3. The second kappa shape index (κ2) is 6.39. The van der Waals surface area contributed by atoms with Gasteiger partial charge in [-0.1, -0.05) is 13.8 Å². The lowest BCUT2D eigenvalue weighted by Gasteiger charge is -2.19. The summed E-state index contributed by atoms with van der Waals surface area (Å²) in [5.41, 5.74) is 1.61. The van der Waals surface area contributed by atoms with Gasteiger partial charge in [0.2, 0.25) is 0 Å². The molecule has 20 heavy (non-hydrogen) atoms. The highest BCUT2D eigenvalue weighted by molar-refractivity contribution is 5.92. The molecule has 0 aliphatic carbocycles. The van der Waals surface area contributed by atoms with E-state index in [0.29, 0.717) is 17.7 Å². The number of hydrogen-bond donors (Lipinski definition) is 1.